The van der Waals surface area contributed by atoms with Crippen LogP contribution in [-0.2, 0) is 23.8 Å². The van der Waals surface area contributed by atoms with Gasteiger partial charge in [-0.1, -0.05) is 66.7 Å². The van der Waals surface area contributed by atoms with Crippen molar-refractivity contribution in [2.24, 2.45) is 4.99 Å². The molecule has 170 valence electrons. The highest BCUT2D eigenvalue weighted by Crippen LogP contribution is 2.46. The highest BCUT2D eigenvalue weighted by atomic mass is 32.1. The third-order valence-electron chi connectivity index (χ3n) is 5.38. The van der Waals surface area contributed by atoms with Crippen molar-refractivity contribution in [3.05, 3.63) is 94.2 Å². The molecule has 2 heterocycles. The summed E-state index contributed by atoms with van der Waals surface area (Å²) in [5.74, 6) is -2.43. The van der Waals surface area contributed by atoms with Crippen LogP contribution in [0.1, 0.15) is 42.0 Å². The van der Waals surface area contributed by atoms with Gasteiger partial charge in [-0.2, -0.15) is 0 Å². The number of hydrogen-bond donors (Lipinski definition) is 0. The number of hydrogen-bond acceptors (Lipinski definition) is 7. The summed E-state index contributed by atoms with van der Waals surface area (Å²) in [6.07, 6.45) is -0.892. The molecule has 7 heteroatoms. The van der Waals surface area contributed by atoms with Crippen molar-refractivity contribution >= 4 is 29.0 Å². The van der Waals surface area contributed by atoms with E-state index in [0.29, 0.717) is 11.3 Å². The smallest absolute Gasteiger partial charge is 0.351 e. The summed E-state index contributed by atoms with van der Waals surface area (Å²) < 4.78 is 17.2. The Hall–Kier alpha value is -3.29. The highest BCUT2D eigenvalue weighted by molar-refractivity contribution is 7.12. The molecule has 1 aromatic heterocycles. The minimum Gasteiger partial charge on any atom is -0.463 e. The van der Waals surface area contributed by atoms with Crippen LogP contribution < -0.4 is 0 Å². The van der Waals surface area contributed by atoms with E-state index in [0.717, 1.165) is 10.4 Å². The molecule has 0 unspecified atom stereocenters. The van der Waals surface area contributed by atoms with E-state index in [1.807, 2.05) is 78.2 Å². The number of esters is 2. The molecular weight excluding hydrogens is 438 g/mol. The van der Waals surface area contributed by atoms with Gasteiger partial charge in [0.05, 0.1) is 24.8 Å². The van der Waals surface area contributed by atoms with Crippen molar-refractivity contribution in [1.29, 1.82) is 0 Å². The van der Waals surface area contributed by atoms with Gasteiger partial charge in [-0.05, 0) is 30.9 Å². The third-order valence-corrected chi connectivity index (χ3v) is 6.27. The van der Waals surface area contributed by atoms with Crippen LogP contribution >= 0.6 is 11.3 Å². The van der Waals surface area contributed by atoms with Crippen molar-refractivity contribution in [3.8, 4) is 0 Å². The summed E-state index contributed by atoms with van der Waals surface area (Å²) in [7, 11) is 0. The van der Waals surface area contributed by atoms with E-state index in [-0.39, 0.29) is 13.2 Å². The van der Waals surface area contributed by atoms with Crippen molar-refractivity contribution in [2.45, 2.75) is 31.6 Å². The zero-order chi connectivity index (χ0) is 23.3. The second-order valence-corrected chi connectivity index (χ2v) is 8.34. The van der Waals surface area contributed by atoms with Crippen molar-refractivity contribution in [3.63, 3.8) is 0 Å². The maximum absolute atomic E-state index is 13.6. The summed E-state index contributed by atoms with van der Waals surface area (Å²) in [5, 5.41) is 1.93. The van der Waals surface area contributed by atoms with Crippen LogP contribution in [0.5, 0.6) is 0 Å². The number of aliphatic imine (C=N–C) groups is 1. The number of thiophene rings is 1. The lowest BCUT2D eigenvalue weighted by Gasteiger charge is -2.42. The van der Waals surface area contributed by atoms with Gasteiger partial charge in [0.1, 0.15) is 0 Å². The second kappa shape index (κ2) is 10.1. The van der Waals surface area contributed by atoms with Crippen LogP contribution in [0, 0.1) is 0 Å². The van der Waals surface area contributed by atoms with Crippen LogP contribution in [0.2, 0.25) is 0 Å². The van der Waals surface area contributed by atoms with E-state index in [1.165, 1.54) is 11.3 Å². The number of nitrogens with zero attached hydrogens (tertiary/aromatic N) is 1. The molecule has 4 rings (SSSR count). The number of rotatable bonds is 7. The predicted octanol–water partition coefficient (Wildman–Crippen LogP) is 4.92. The molecular formula is C26H25NO5S. The van der Waals surface area contributed by atoms with E-state index in [1.54, 1.807) is 13.8 Å². The number of carbonyl (C=O) groups excluding carboxylic acids is 2. The fraction of sp³-hybridized carbons (Fsp3) is 0.269. The zero-order valence-electron chi connectivity index (χ0n) is 18.5. The minimum absolute atomic E-state index is 0.0896. The Morgan fingerprint density at radius 2 is 1.45 bits per heavy atom. The first-order valence-electron chi connectivity index (χ1n) is 10.9. The van der Waals surface area contributed by atoms with Gasteiger partial charge >= 0.3 is 11.9 Å². The van der Waals surface area contributed by atoms with Crippen LogP contribution in [0.25, 0.3) is 0 Å². The quantitative estimate of drug-likeness (QED) is 0.367. The molecule has 0 bridgehead atoms. The molecule has 0 aliphatic carbocycles. The lowest BCUT2D eigenvalue weighted by atomic mass is 9.76. The number of benzene rings is 2. The van der Waals surface area contributed by atoms with Crippen LogP contribution in [0.15, 0.2) is 83.2 Å². The molecule has 0 saturated carbocycles. The van der Waals surface area contributed by atoms with Crippen molar-refractivity contribution in [2.75, 3.05) is 13.2 Å². The Morgan fingerprint density at radius 1 is 0.879 bits per heavy atom. The topological polar surface area (TPSA) is 74.2 Å². The normalized spacial score (nSPS) is 19.4. The molecule has 0 saturated heterocycles. The van der Waals surface area contributed by atoms with Crippen LogP contribution in [0.3, 0.4) is 0 Å². The van der Waals surface area contributed by atoms with Crippen LogP contribution in [-0.4, -0.2) is 36.5 Å². The van der Waals surface area contributed by atoms with E-state index >= 15 is 0 Å². The summed E-state index contributed by atoms with van der Waals surface area (Å²) >= 11 is 1.49. The lowest BCUT2D eigenvalue weighted by molar-refractivity contribution is -0.201. The Kier molecular flexibility index (Phi) is 7.01. The molecule has 2 aromatic carbocycles. The van der Waals surface area contributed by atoms with E-state index in [4.69, 9.17) is 19.2 Å². The standard InChI is InChI=1S/C26H25NO5S/c1-3-30-24(28)26(25(29)31-4-2)21(18-12-7-5-8-13-18)22(20-16-11-17-33-20)27-23(32-26)19-14-9-6-10-15-19/h5-17,21,23H,3-4H2,1-2H3/t21-,23+/m1/s1. The minimum atomic E-state index is -2.06. The van der Waals surface area contributed by atoms with Crippen molar-refractivity contribution < 1.29 is 23.8 Å². The summed E-state index contributed by atoms with van der Waals surface area (Å²) in [5.41, 5.74) is -0.0553. The molecule has 1 aliphatic rings. The van der Waals surface area contributed by atoms with Gasteiger partial charge in [-0.25, -0.2) is 9.59 Å². The van der Waals surface area contributed by atoms with Gasteiger partial charge in [0.25, 0.3) is 5.60 Å². The number of ether oxygens (including phenoxy) is 3. The largest absolute Gasteiger partial charge is 0.463 e. The first kappa shape index (κ1) is 22.9. The average Bonchev–Trinajstić information content (AvgIpc) is 3.39. The van der Waals surface area contributed by atoms with Gasteiger partial charge in [0, 0.05) is 10.4 Å². The number of carbonyl (C=O) groups is 2. The van der Waals surface area contributed by atoms with E-state index < -0.39 is 29.7 Å². The van der Waals surface area contributed by atoms with Gasteiger partial charge in [0.2, 0.25) is 0 Å². The van der Waals surface area contributed by atoms with Crippen LogP contribution in [0.4, 0.5) is 0 Å². The molecule has 1 aliphatic heterocycles. The van der Waals surface area contributed by atoms with Gasteiger partial charge < -0.3 is 14.2 Å². The summed E-state index contributed by atoms with van der Waals surface area (Å²) in [6.45, 7) is 3.57. The lowest BCUT2D eigenvalue weighted by Crippen LogP contribution is -2.59. The van der Waals surface area contributed by atoms with E-state index in [2.05, 4.69) is 0 Å². The zero-order valence-corrected chi connectivity index (χ0v) is 19.3. The maximum atomic E-state index is 13.6. The van der Waals surface area contributed by atoms with Crippen molar-refractivity contribution in [1.82, 2.24) is 0 Å². The van der Waals surface area contributed by atoms with E-state index in [9.17, 15) is 9.59 Å². The molecule has 0 spiro atoms. The first-order valence-corrected chi connectivity index (χ1v) is 11.7. The fourth-order valence-corrected chi connectivity index (χ4v) is 4.74. The third kappa shape index (κ3) is 4.34. The summed E-state index contributed by atoms with van der Waals surface area (Å²) in [4.78, 5) is 33.0. The molecule has 0 fully saturated rings. The van der Waals surface area contributed by atoms with Gasteiger partial charge in [-0.3, -0.25) is 4.99 Å². The molecule has 33 heavy (non-hydrogen) atoms. The average molecular weight is 464 g/mol. The Labute approximate surface area is 196 Å². The SMILES string of the molecule is CCOC(=O)C1(C(=O)OCC)O[C@@H](c2ccccc2)N=C(c2cccs2)[C@H]1c1ccccc1. The molecule has 0 N–H and O–H groups in total. The highest BCUT2D eigenvalue weighted by Gasteiger charge is 2.62. The Balaban J connectivity index is 2.01. The second-order valence-electron chi connectivity index (χ2n) is 7.39. The van der Waals surface area contributed by atoms with Gasteiger partial charge in [-0.15, -0.1) is 11.3 Å². The fourth-order valence-electron chi connectivity index (χ4n) is 3.98. The molecule has 3 aromatic rings. The first-order chi connectivity index (χ1) is 16.1. The Morgan fingerprint density at radius 3 is 1.97 bits per heavy atom. The Bertz CT molecular complexity index is 1090. The maximum Gasteiger partial charge on any atom is 0.351 e. The molecule has 0 amide bonds. The predicted molar refractivity (Wildman–Crippen MR) is 126 cm³/mol. The molecule has 2 atom stereocenters. The summed E-state index contributed by atoms with van der Waals surface area (Å²) in [6, 6.07) is 22.4. The molecule has 6 nitrogen and oxygen atoms in total. The monoisotopic (exact) mass is 463 g/mol. The molecule has 0 radical (unpaired) electrons. The van der Waals surface area contributed by atoms with Gasteiger partial charge in [0.15, 0.2) is 6.23 Å².